The van der Waals surface area contributed by atoms with Crippen LogP contribution in [0.1, 0.15) is 18.4 Å². The normalized spacial score (nSPS) is 15.2. The lowest BCUT2D eigenvalue weighted by molar-refractivity contribution is -0.122. The Kier molecular flexibility index (Phi) is 6.32. The molecule has 1 aliphatic heterocycles. The number of piperidine rings is 1. The van der Waals surface area contributed by atoms with Crippen molar-refractivity contribution in [3.63, 3.8) is 0 Å². The Morgan fingerprint density at radius 1 is 1.24 bits per heavy atom. The van der Waals surface area contributed by atoms with Gasteiger partial charge >= 0.3 is 5.69 Å². The number of halogens is 1. The number of hydrogen-bond acceptors (Lipinski definition) is 6. The van der Waals surface area contributed by atoms with Crippen molar-refractivity contribution in [1.82, 2.24) is 28.9 Å². The highest BCUT2D eigenvalue weighted by Gasteiger charge is 2.23. The number of nitrogens with one attached hydrogen (secondary N) is 1. The summed E-state index contributed by atoms with van der Waals surface area (Å²) in [6.45, 7) is 1.73. The Bertz CT molecular complexity index is 1300. The van der Waals surface area contributed by atoms with Gasteiger partial charge in [0.05, 0.1) is 13.4 Å². The van der Waals surface area contributed by atoms with Crippen LogP contribution in [0.25, 0.3) is 11.2 Å². The van der Waals surface area contributed by atoms with Crippen molar-refractivity contribution in [2.45, 2.75) is 32.0 Å². The molecule has 11 heteroatoms. The van der Waals surface area contributed by atoms with Gasteiger partial charge in [-0.05, 0) is 30.5 Å². The van der Waals surface area contributed by atoms with Crippen LogP contribution < -0.4 is 21.3 Å². The van der Waals surface area contributed by atoms with Gasteiger partial charge in [0.2, 0.25) is 5.91 Å². The number of imidazole rings is 1. The minimum absolute atomic E-state index is 0.0543. The Balaban J connectivity index is 1.35. The van der Waals surface area contributed by atoms with Crippen molar-refractivity contribution in [3.05, 3.63) is 56.7 Å². The van der Waals surface area contributed by atoms with Crippen LogP contribution >= 0.6 is 0 Å². The fraction of sp³-hybridized carbons (Fsp3) is 0.455. The van der Waals surface area contributed by atoms with Crippen molar-refractivity contribution >= 4 is 17.1 Å². The predicted octanol–water partition coefficient (Wildman–Crippen LogP) is 0.362. The second kappa shape index (κ2) is 9.18. The van der Waals surface area contributed by atoms with E-state index < -0.39 is 11.2 Å². The summed E-state index contributed by atoms with van der Waals surface area (Å²) < 4.78 is 22.6. The minimum atomic E-state index is -0.581. The number of methoxy groups -OCH3 is 1. The maximum atomic E-state index is 13.9. The maximum absolute atomic E-state index is 13.9. The van der Waals surface area contributed by atoms with Crippen LogP contribution in [0.2, 0.25) is 0 Å². The fourth-order valence-corrected chi connectivity index (χ4v) is 4.25. The lowest BCUT2D eigenvalue weighted by Gasteiger charge is -2.32. The zero-order chi connectivity index (χ0) is 23.7. The third-order valence-electron chi connectivity index (χ3n) is 6.08. The number of nitrogens with zero attached hydrogens (tertiary/aromatic N) is 5. The number of fused-ring (bicyclic) bond motifs is 1. The number of amides is 1. The van der Waals surface area contributed by atoms with Crippen LogP contribution in [-0.4, -0.2) is 55.7 Å². The van der Waals surface area contributed by atoms with Crippen molar-refractivity contribution in [1.29, 1.82) is 0 Å². The molecular formula is C22H27FN6O4. The number of carbonyl (C=O) groups excluding carboxylic acids is 1. The molecule has 0 radical (unpaired) electrons. The average molecular weight is 458 g/mol. The van der Waals surface area contributed by atoms with Gasteiger partial charge in [0.15, 0.2) is 22.7 Å². The number of aryl methyl sites for hydroxylation is 2. The second-order valence-corrected chi connectivity index (χ2v) is 8.35. The first-order valence-corrected chi connectivity index (χ1v) is 10.7. The van der Waals surface area contributed by atoms with E-state index in [4.69, 9.17) is 4.74 Å². The van der Waals surface area contributed by atoms with Crippen LogP contribution in [0, 0.1) is 5.82 Å². The van der Waals surface area contributed by atoms with Gasteiger partial charge in [-0.25, -0.2) is 18.7 Å². The number of aromatic nitrogens is 4. The van der Waals surface area contributed by atoms with E-state index in [0.717, 1.165) is 36.1 Å². The first-order valence-electron chi connectivity index (χ1n) is 10.7. The molecule has 3 heterocycles. The summed E-state index contributed by atoms with van der Waals surface area (Å²) >= 11 is 0. The number of carbonyl (C=O) groups is 1. The third-order valence-corrected chi connectivity index (χ3v) is 6.08. The van der Waals surface area contributed by atoms with Crippen molar-refractivity contribution < 1.29 is 13.9 Å². The molecule has 1 amide bonds. The number of hydrogen-bond donors (Lipinski definition) is 1. The van der Waals surface area contributed by atoms with E-state index in [-0.39, 0.29) is 41.2 Å². The van der Waals surface area contributed by atoms with E-state index in [9.17, 15) is 18.8 Å². The van der Waals surface area contributed by atoms with Gasteiger partial charge in [0, 0.05) is 39.8 Å². The average Bonchev–Trinajstić information content (AvgIpc) is 3.18. The molecule has 0 saturated carbocycles. The molecule has 3 aromatic rings. The van der Waals surface area contributed by atoms with E-state index in [0.29, 0.717) is 6.54 Å². The molecule has 0 bridgehead atoms. The molecule has 0 spiro atoms. The quantitative estimate of drug-likeness (QED) is 0.572. The van der Waals surface area contributed by atoms with Gasteiger partial charge < -0.3 is 14.6 Å². The summed E-state index contributed by atoms with van der Waals surface area (Å²) in [4.78, 5) is 44.2. The lowest BCUT2D eigenvalue weighted by Crippen LogP contribution is -2.48. The molecule has 1 saturated heterocycles. The molecule has 1 aromatic carbocycles. The first-order chi connectivity index (χ1) is 15.8. The van der Waals surface area contributed by atoms with E-state index in [1.54, 1.807) is 13.1 Å². The van der Waals surface area contributed by atoms with E-state index >= 15 is 0 Å². The predicted molar refractivity (Wildman–Crippen MR) is 120 cm³/mol. The van der Waals surface area contributed by atoms with Gasteiger partial charge in [0.1, 0.15) is 6.54 Å². The maximum Gasteiger partial charge on any atom is 0.332 e. The Hall–Kier alpha value is -3.47. The fourth-order valence-electron chi connectivity index (χ4n) is 4.25. The molecule has 0 atom stereocenters. The highest BCUT2D eigenvalue weighted by molar-refractivity contribution is 5.77. The number of rotatable bonds is 6. The SMILES string of the molecule is COc1ccc(CN2CCC(NC(=O)Cn3c(=O)c4c(ncn4C)n(C)c3=O)CC2)cc1F. The Labute approximate surface area is 189 Å². The molecule has 33 heavy (non-hydrogen) atoms. The van der Waals surface area contributed by atoms with Crippen LogP contribution in [0.4, 0.5) is 4.39 Å². The summed E-state index contributed by atoms with van der Waals surface area (Å²) in [7, 11) is 4.62. The standard InChI is InChI=1S/C22H27FN6O4/c1-26-13-24-20-19(26)21(31)29(22(32)27(20)2)12-18(30)25-15-6-8-28(9-7-15)11-14-4-5-17(33-3)16(23)10-14/h4-5,10,13,15H,6-9,11-12H2,1-3H3,(H,25,30). The lowest BCUT2D eigenvalue weighted by atomic mass is 10.0. The van der Waals surface area contributed by atoms with E-state index in [1.807, 2.05) is 6.07 Å². The third kappa shape index (κ3) is 4.54. The van der Waals surface area contributed by atoms with Gasteiger partial charge in [0.25, 0.3) is 5.56 Å². The van der Waals surface area contributed by atoms with Crippen LogP contribution in [-0.2, 0) is 32.0 Å². The van der Waals surface area contributed by atoms with Crippen molar-refractivity contribution in [2.75, 3.05) is 20.2 Å². The topological polar surface area (TPSA) is 103 Å². The first kappa shape index (κ1) is 22.7. The highest BCUT2D eigenvalue weighted by atomic mass is 19.1. The monoisotopic (exact) mass is 458 g/mol. The van der Waals surface area contributed by atoms with Gasteiger partial charge in [-0.3, -0.25) is 19.1 Å². The number of likely N-dealkylation sites (tertiary alicyclic amines) is 1. The van der Waals surface area contributed by atoms with Crippen LogP contribution in [0.3, 0.4) is 0 Å². The Morgan fingerprint density at radius 3 is 2.64 bits per heavy atom. The van der Waals surface area contributed by atoms with Gasteiger partial charge in [-0.15, -0.1) is 0 Å². The van der Waals surface area contributed by atoms with Crippen molar-refractivity contribution in [2.24, 2.45) is 14.1 Å². The molecule has 10 nitrogen and oxygen atoms in total. The van der Waals surface area contributed by atoms with E-state index in [2.05, 4.69) is 15.2 Å². The molecule has 1 fully saturated rings. The van der Waals surface area contributed by atoms with Crippen LogP contribution in [0.15, 0.2) is 34.1 Å². The summed E-state index contributed by atoms with van der Waals surface area (Å²) in [5.41, 5.74) is 0.297. The zero-order valence-corrected chi connectivity index (χ0v) is 18.9. The molecule has 2 aromatic heterocycles. The number of ether oxygens (including phenoxy) is 1. The smallest absolute Gasteiger partial charge is 0.332 e. The van der Waals surface area contributed by atoms with Gasteiger partial charge in [-0.2, -0.15) is 0 Å². The summed E-state index contributed by atoms with van der Waals surface area (Å²) in [6.07, 6.45) is 2.90. The second-order valence-electron chi connectivity index (χ2n) is 8.35. The molecule has 4 rings (SSSR count). The number of benzene rings is 1. The van der Waals surface area contributed by atoms with E-state index in [1.165, 1.54) is 35.7 Å². The molecular weight excluding hydrogens is 431 g/mol. The largest absolute Gasteiger partial charge is 0.494 e. The summed E-state index contributed by atoms with van der Waals surface area (Å²) in [6, 6.07) is 4.88. The van der Waals surface area contributed by atoms with Crippen LogP contribution in [0.5, 0.6) is 5.75 Å². The molecule has 176 valence electrons. The van der Waals surface area contributed by atoms with Gasteiger partial charge in [-0.1, -0.05) is 6.07 Å². The zero-order valence-electron chi connectivity index (χ0n) is 18.9. The molecule has 0 aliphatic carbocycles. The molecule has 1 aliphatic rings. The van der Waals surface area contributed by atoms with Crippen molar-refractivity contribution in [3.8, 4) is 5.75 Å². The molecule has 1 N–H and O–H groups in total. The summed E-state index contributed by atoms with van der Waals surface area (Å²) in [5, 5.41) is 2.93. The Morgan fingerprint density at radius 2 is 1.97 bits per heavy atom. The molecule has 0 unspecified atom stereocenters. The summed E-state index contributed by atoms with van der Waals surface area (Å²) in [5.74, 6) is -0.550. The minimum Gasteiger partial charge on any atom is -0.494 e. The highest BCUT2D eigenvalue weighted by Crippen LogP contribution is 2.20.